The highest BCUT2D eigenvalue weighted by Crippen LogP contribution is 2.19. The van der Waals surface area contributed by atoms with Crippen molar-refractivity contribution in [3.05, 3.63) is 126 Å². The molecule has 0 aliphatic carbocycles. The molecule has 28 heavy (non-hydrogen) atoms. The van der Waals surface area contributed by atoms with Crippen LogP contribution in [0.25, 0.3) is 11.1 Å². The van der Waals surface area contributed by atoms with Gasteiger partial charge in [-0.15, -0.1) is 0 Å². The van der Waals surface area contributed by atoms with Crippen LogP contribution in [0.15, 0.2) is 109 Å². The number of Topliss-reactive ketones (excluding diaryl/α,β-unsaturated/α-hetero) is 1. The van der Waals surface area contributed by atoms with Crippen molar-refractivity contribution in [3.63, 3.8) is 0 Å². The van der Waals surface area contributed by atoms with E-state index in [-0.39, 0.29) is 5.78 Å². The molecule has 0 bridgehead atoms. The minimum absolute atomic E-state index is 0.112. The van der Waals surface area contributed by atoms with Gasteiger partial charge >= 0.3 is 0 Å². The first-order valence-electron chi connectivity index (χ1n) is 9.48. The Bertz CT molecular complexity index is 1040. The first kappa shape index (κ1) is 17.9. The van der Waals surface area contributed by atoms with Crippen LogP contribution in [0.2, 0.25) is 0 Å². The second kappa shape index (κ2) is 8.45. The summed E-state index contributed by atoms with van der Waals surface area (Å²) in [5, 5.41) is 0. The summed E-state index contributed by atoms with van der Waals surface area (Å²) in [5.41, 5.74) is 5.54. The summed E-state index contributed by atoms with van der Waals surface area (Å²) in [6.45, 7) is 0.344. The smallest absolute Gasteiger partial charge is 0.227 e. The first-order valence-corrected chi connectivity index (χ1v) is 9.48. The number of ketones is 1. The zero-order valence-corrected chi connectivity index (χ0v) is 15.7. The fraction of sp³-hybridized carbons (Fsp3) is 0.0769. The minimum atomic E-state index is 0.112. The summed E-state index contributed by atoms with van der Waals surface area (Å²) in [6, 6.07) is 32.6. The predicted octanol–water partition coefficient (Wildman–Crippen LogP) is 5.11. The van der Waals surface area contributed by atoms with Gasteiger partial charge in [-0.25, -0.2) is 0 Å². The summed E-state index contributed by atoms with van der Waals surface area (Å²) in [4.78, 5) is 12.6. The van der Waals surface area contributed by atoms with Gasteiger partial charge < -0.3 is 0 Å². The predicted molar refractivity (Wildman–Crippen MR) is 112 cm³/mol. The van der Waals surface area contributed by atoms with Crippen LogP contribution in [-0.4, -0.2) is 5.78 Å². The van der Waals surface area contributed by atoms with Crippen molar-refractivity contribution in [2.75, 3.05) is 0 Å². The highest BCUT2D eigenvalue weighted by molar-refractivity contribution is 5.95. The fourth-order valence-electron chi connectivity index (χ4n) is 3.28. The van der Waals surface area contributed by atoms with Gasteiger partial charge in [-0.05, 0) is 28.7 Å². The van der Waals surface area contributed by atoms with Gasteiger partial charge in [0, 0.05) is 17.7 Å². The van der Waals surface area contributed by atoms with Gasteiger partial charge in [0.15, 0.2) is 12.4 Å². The lowest BCUT2D eigenvalue weighted by Gasteiger charge is -2.04. The average molecular weight is 364 g/mol. The molecule has 2 heteroatoms. The molecule has 4 aromatic rings. The number of nitrogens with zero attached hydrogens (tertiary/aromatic N) is 1. The van der Waals surface area contributed by atoms with Gasteiger partial charge in [-0.1, -0.05) is 84.9 Å². The Balaban J connectivity index is 1.40. The van der Waals surface area contributed by atoms with E-state index < -0.39 is 0 Å². The van der Waals surface area contributed by atoms with Crippen LogP contribution in [-0.2, 0) is 13.0 Å². The van der Waals surface area contributed by atoms with Crippen LogP contribution in [0.5, 0.6) is 0 Å². The molecule has 0 saturated heterocycles. The van der Waals surface area contributed by atoms with E-state index in [1.165, 1.54) is 11.1 Å². The van der Waals surface area contributed by atoms with E-state index in [9.17, 15) is 4.79 Å². The number of carbonyl (C=O) groups excluding carboxylic acids is 1. The third-order valence-corrected chi connectivity index (χ3v) is 4.85. The Labute approximate surface area is 165 Å². The summed E-state index contributed by atoms with van der Waals surface area (Å²) >= 11 is 0. The zero-order valence-electron chi connectivity index (χ0n) is 15.7. The monoisotopic (exact) mass is 364 g/mol. The van der Waals surface area contributed by atoms with E-state index in [1.54, 1.807) is 0 Å². The standard InChI is InChI=1S/C26H22NO/c28-26(25-13-11-24(12-14-25)23-9-5-2-6-10-23)20-27-17-15-22(16-18-27)19-21-7-3-1-4-8-21/h1-18H,19-20H2/q+1. The lowest BCUT2D eigenvalue weighted by molar-refractivity contribution is -0.683. The van der Waals surface area contributed by atoms with E-state index in [0.717, 1.165) is 23.1 Å². The van der Waals surface area contributed by atoms with Crippen molar-refractivity contribution in [3.8, 4) is 11.1 Å². The molecule has 1 heterocycles. The van der Waals surface area contributed by atoms with Gasteiger partial charge in [0.25, 0.3) is 0 Å². The Morgan fingerprint density at radius 2 is 1.14 bits per heavy atom. The molecule has 136 valence electrons. The van der Waals surface area contributed by atoms with Crippen molar-refractivity contribution in [1.82, 2.24) is 0 Å². The van der Waals surface area contributed by atoms with Gasteiger partial charge in [-0.3, -0.25) is 4.79 Å². The lowest BCUT2D eigenvalue weighted by Crippen LogP contribution is -2.37. The zero-order chi connectivity index (χ0) is 19.2. The van der Waals surface area contributed by atoms with E-state index in [2.05, 4.69) is 48.5 Å². The molecule has 0 fully saturated rings. The summed E-state index contributed by atoms with van der Waals surface area (Å²) in [5.74, 6) is 0.112. The molecule has 0 atom stereocenters. The minimum Gasteiger partial charge on any atom is -0.287 e. The molecular weight excluding hydrogens is 342 g/mol. The third kappa shape index (κ3) is 4.41. The third-order valence-electron chi connectivity index (χ3n) is 4.85. The molecule has 0 radical (unpaired) electrons. The van der Waals surface area contributed by atoms with E-state index in [4.69, 9.17) is 0 Å². The van der Waals surface area contributed by atoms with Gasteiger partial charge in [0.05, 0.1) is 0 Å². The molecule has 0 amide bonds. The quantitative estimate of drug-likeness (QED) is 0.344. The second-order valence-electron chi connectivity index (χ2n) is 6.91. The summed E-state index contributed by atoms with van der Waals surface area (Å²) in [6.07, 6.45) is 4.86. The van der Waals surface area contributed by atoms with Crippen molar-refractivity contribution in [2.24, 2.45) is 0 Å². The van der Waals surface area contributed by atoms with Crippen molar-refractivity contribution in [1.29, 1.82) is 0 Å². The largest absolute Gasteiger partial charge is 0.287 e. The maximum Gasteiger partial charge on any atom is 0.227 e. The molecular formula is C26H22NO+. The molecule has 0 N–H and O–H groups in total. The number of aromatic nitrogens is 1. The number of rotatable bonds is 6. The number of pyridine rings is 1. The molecule has 0 saturated carbocycles. The molecule has 3 aromatic carbocycles. The van der Waals surface area contributed by atoms with Crippen LogP contribution in [0.3, 0.4) is 0 Å². The normalized spacial score (nSPS) is 10.6. The SMILES string of the molecule is O=C(C[n+]1ccc(Cc2ccccc2)cc1)c1ccc(-c2ccccc2)cc1. The summed E-state index contributed by atoms with van der Waals surface area (Å²) < 4.78 is 1.93. The topological polar surface area (TPSA) is 20.9 Å². The number of hydrogen-bond acceptors (Lipinski definition) is 1. The Hall–Kier alpha value is -3.52. The van der Waals surface area contributed by atoms with Gasteiger partial charge in [0.1, 0.15) is 0 Å². The molecule has 0 aliphatic heterocycles. The number of carbonyl (C=O) groups is 1. The Morgan fingerprint density at radius 1 is 0.607 bits per heavy atom. The van der Waals surface area contributed by atoms with Crippen molar-refractivity contribution < 1.29 is 9.36 Å². The van der Waals surface area contributed by atoms with Crippen LogP contribution in [0, 0.1) is 0 Å². The molecule has 0 aliphatic rings. The molecule has 4 rings (SSSR count). The molecule has 2 nitrogen and oxygen atoms in total. The van der Waals surface area contributed by atoms with Crippen molar-refractivity contribution >= 4 is 5.78 Å². The highest BCUT2D eigenvalue weighted by atomic mass is 16.1. The van der Waals surface area contributed by atoms with Gasteiger partial charge in [0.2, 0.25) is 12.3 Å². The Kier molecular flexibility index (Phi) is 5.39. The van der Waals surface area contributed by atoms with E-state index in [1.807, 2.05) is 65.5 Å². The first-order chi connectivity index (χ1) is 13.8. The number of hydrogen-bond donors (Lipinski definition) is 0. The second-order valence-corrected chi connectivity index (χ2v) is 6.91. The number of benzene rings is 3. The molecule has 0 spiro atoms. The highest BCUT2D eigenvalue weighted by Gasteiger charge is 2.12. The maximum atomic E-state index is 12.6. The van der Waals surface area contributed by atoms with Crippen LogP contribution < -0.4 is 4.57 Å². The van der Waals surface area contributed by atoms with Crippen LogP contribution in [0.1, 0.15) is 21.5 Å². The fourth-order valence-corrected chi connectivity index (χ4v) is 3.28. The average Bonchev–Trinajstić information content (AvgIpc) is 2.76. The molecule has 0 unspecified atom stereocenters. The van der Waals surface area contributed by atoms with E-state index >= 15 is 0 Å². The van der Waals surface area contributed by atoms with Crippen molar-refractivity contribution in [2.45, 2.75) is 13.0 Å². The van der Waals surface area contributed by atoms with Gasteiger partial charge in [-0.2, -0.15) is 4.57 Å². The lowest BCUT2D eigenvalue weighted by atomic mass is 10.0. The Morgan fingerprint density at radius 3 is 1.79 bits per heavy atom. The maximum absolute atomic E-state index is 12.6. The van der Waals surface area contributed by atoms with Crippen LogP contribution in [0.4, 0.5) is 0 Å². The van der Waals surface area contributed by atoms with E-state index in [0.29, 0.717) is 6.54 Å². The molecule has 1 aromatic heterocycles. The van der Waals surface area contributed by atoms with Crippen LogP contribution >= 0.6 is 0 Å². The summed E-state index contributed by atoms with van der Waals surface area (Å²) in [7, 11) is 0.